The van der Waals surface area contributed by atoms with Gasteiger partial charge in [-0.05, 0) is 55.3 Å². The Hall–Kier alpha value is -5.99. The molecule has 210 valence electrons. The summed E-state index contributed by atoms with van der Waals surface area (Å²) in [5.41, 5.74) is 10.5. The zero-order valence-electron chi connectivity index (χ0n) is 24.6. The van der Waals surface area contributed by atoms with Crippen LogP contribution in [0, 0.1) is 0 Å². The third-order valence-corrected chi connectivity index (χ3v) is 9.05. The molecule has 0 unspecified atom stereocenters. The van der Waals surface area contributed by atoms with Gasteiger partial charge in [-0.1, -0.05) is 158 Å². The van der Waals surface area contributed by atoms with Crippen molar-refractivity contribution in [1.29, 1.82) is 0 Å². The van der Waals surface area contributed by atoms with Gasteiger partial charge in [0.1, 0.15) is 0 Å². The van der Waals surface area contributed by atoms with Crippen LogP contribution in [0.1, 0.15) is 0 Å². The Morgan fingerprint density at radius 2 is 0.911 bits per heavy atom. The Bertz CT molecular complexity index is 2510. The van der Waals surface area contributed by atoms with E-state index in [1.807, 2.05) is 6.20 Å². The van der Waals surface area contributed by atoms with Crippen molar-refractivity contribution in [3.05, 3.63) is 170 Å². The Morgan fingerprint density at radius 3 is 1.64 bits per heavy atom. The Labute approximate surface area is 261 Å². The molecule has 0 aliphatic heterocycles. The van der Waals surface area contributed by atoms with E-state index < -0.39 is 0 Å². The maximum atomic E-state index is 5.05. The van der Waals surface area contributed by atoms with E-state index in [-0.39, 0.29) is 0 Å². The fourth-order valence-electron chi connectivity index (χ4n) is 7.01. The van der Waals surface area contributed by atoms with Gasteiger partial charge in [0.2, 0.25) is 0 Å². The summed E-state index contributed by atoms with van der Waals surface area (Å²) in [4.78, 5) is 0. The highest BCUT2D eigenvalue weighted by atomic mass is 15.2. The van der Waals surface area contributed by atoms with Crippen molar-refractivity contribution in [2.75, 3.05) is 0 Å². The number of hydrogen-bond donors (Lipinski definition) is 0. The minimum absolute atomic E-state index is 1.09. The van der Waals surface area contributed by atoms with Crippen LogP contribution in [0.4, 0.5) is 0 Å². The second-order valence-corrected chi connectivity index (χ2v) is 11.6. The first-order valence-electron chi connectivity index (χ1n) is 15.4. The number of benzene rings is 7. The summed E-state index contributed by atoms with van der Waals surface area (Å²) in [5.74, 6) is 0. The predicted octanol–water partition coefficient (Wildman–Crippen LogP) is 11.5. The molecule has 0 radical (unpaired) electrons. The van der Waals surface area contributed by atoms with Gasteiger partial charge in [0.25, 0.3) is 0 Å². The molecular formula is C43H28N2. The third-order valence-electron chi connectivity index (χ3n) is 9.05. The second kappa shape index (κ2) is 10.3. The lowest BCUT2D eigenvalue weighted by atomic mass is 9.90. The molecule has 0 bridgehead atoms. The van der Waals surface area contributed by atoms with Gasteiger partial charge >= 0.3 is 0 Å². The molecule has 0 saturated heterocycles. The zero-order chi connectivity index (χ0) is 29.7. The molecule has 0 fully saturated rings. The first-order valence-corrected chi connectivity index (χ1v) is 15.4. The summed E-state index contributed by atoms with van der Waals surface area (Å²) in [6.07, 6.45) is 2.02. The average Bonchev–Trinajstić information content (AvgIpc) is 3.57. The predicted molar refractivity (Wildman–Crippen MR) is 189 cm³/mol. The van der Waals surface area contributed by atoms with Gasteiger partial charge in [-0.15, -0.1) is 0 Å². The van der Waals surface area contributed by atoms with E-state index in [4.69, 9.17) is 5.10 Å². The van der Waals surface area contributed by atoms with Crippen LogP contribution in [0.15, 0.2) is 170 Å². The zero-order valence-corrected chi connectivity index (χ0v) is 24.6. The van der Waals surface area contributed by atoms with Crippen molar-refractivity contribution in [2.24, 2.45) is 0 Å². The van der Waals surface area contributed by atoms with E-state index >= 15 is 0 Å². The lowest BCUT2D eigenvalue weighted by Crippen LogP contribution is -2.00. The Kier molecular flexibility index (Phi) is 5.85. The summed E-state index contributed by atoms with van der Waals surface area (Å²) in [6, 6.07) is 58.8. The number of pyridine rings is 1. The second-order valence-electron chi connectivity index (χ2n) is 11.6. The average molecular weight is 573 g/mol. The fraction of sp³-hybridized carbons (Fsp3) is 0. The quantitative estimate of drug-likeness (QED) is 0.192. The standard InChI is InChI=1S/C43H28N2/c1-3-13-29(14-4-1)40-28-44-45-42(32-15-5-2-6-16-32)41(37-21-11-12-22-38(37)43(40)45)31-25-23-30(24-26-31)39-27-33-17-7-8-18-34(33)35-19-9-10-20-36(35)39/h1-28H. The molecule has 0 atom stereocenters. The molecule has 7 aromatic carbocycles. The van der Waals surface area contributed by atoms with Crippen molar-refractivity contribution >= 4 is 37.8 Å². The molecule has 0 saturated carbocycles. The van der Waals surface area contributed by atoms with E-state index in [2.05, 4.69) is 168 Å². The highest BCUT2D eigenvalue weighted by Crippen LogP contribution is 2.43. The molecule has 0 spiro atoms. The van der Waals surface area contributed by atoms with Crippen LogP contribution >= 0.6 is 0 Å². The summed E-state index contributed by atoms with van der Waals surface area (Å²) in [6.45, 7) is 0. The van der Waals surface area contributed by atoms with Crippen LogP contribution in [0.25, 0.3) is 82.5 Å². The number of rotatable bonds is 4. The van der Waals surface area contributed by atoms with E-state index in [9.17, 15) is 0 Å². The Balaban J connectivity index is 1.31. The van der Waals surface area contributed by atoms with Gasteiger partial charge in [-0.3, -0.25) is 0 Å². The molecule has 2 nitrogen and oxygen atoms in total. The number of nitrogens with zero attached hydrogens (tertiary/aromatic N) is 2. The van der Waals surface area contributed by atoms with Crippen LogP contribution in [0.2, 0.25) is 0 Å². The van der Waals surface area contributed by atoms with Crippen LogP contribution in [0.5, 0.6) is 0 Å². The van der Waals surface area contributed by atoms with E-state index in [1.165, 1.54) is 49.0 Å². The SMILES string of the molecule is c1ccc(-c2cnn3c(-c4ccccc4)c(-c4ccc(-c5cc6ccccc6c6ccccc56)cc4)c4ccccc4c23)cc1. The minimum Gasteiger partial charge on any atom is -0.231 e. The van der Waals surface area contributed by atoms with Crippen LogP contribution < -0.4 is 0 Å². The summed E-state index contributed by atoms with van der Waals surface area (Å²) in [5, 5.41) is 12.5. The molecule has 0 amide bonds. The largest absolute Gasteiger partial charge is 0.231 e. The van der Waals surface area contributed by atoms with E-state index in [1.54, 1.807) is 0 Å². The molecule has 9 aromatic rings. The highest BCUT2D eigenvalue weighted by molar-refractivity contribution is 6.15. The van der Waals surface area contributed by atoms with Crippen molar-refractivity contribution in [1.82, 2.24) is 9.61 Å². The lowest BCUT2D eigenvalue weighted by molar-refractivity contribution is 0.976. The molecule has 0 aliphatic rings. The van der Waals surface area contributed by atoms with Crippen LogP contribution in [0.3, 0.4) is 0 Å². The fourth-order valence-corrected chi connectivity index (χ4v) is 7.01. The van der Waals surface area contributed by atoms with Gasteiger partial charge in [0.05, 0.1) is 17.4 Å². The molecular weight excluding hydrogens is 544 g/mol. The molecule has 2 aromatic heterocycles. The summed E-state index contributed by atoms with van der Waals surface area (Å²) < 4.78 is 2.15. The van der Waals surface area contributed by atoms with Crippen molar-refractivity contribution < 1.29 is 0 Å². The van der Waals surface area contributed by atoms with Gasteiger partial charge in [-0.2, -0.15) is 5.10 Å². The number of fused-ring (bicyclic) bond motifs is 6. The van der Waals surface area contributed by atoms with Crippen molar-refractivity contribution in [2.45, 2.75) is 0 Å². The monoisotopic (exact) mass is 572 g/mol. The molecule has 2 heterocycles. The minimum atomic E-state index is 1.09. The normalized spacial score (nSPS) is 11.6. The van der Waals surface area contributed by atoms with Gasteiger partial charge in [-0.25, -0.2) is 4.52 Å². The van der Waals surface area contributed by atoms with E-state index in [0.29, 0.717) is 0 Å². The third kappa shape index (κ3) is 4.07. The highest BCUT2D eigenvalue weighted by Gasteiger charge is 2.21. The van der Waals surface area contributed by atoms with Gasteiger partial charge < -0.3 is 0 Å². The first-order chi connectivity index (χ1) is 22.3. The lowest BCUT2D eigenvalue weighted by Gasteiger charge is -2.18. The molecule has 45 heavy (non-hydrogen) atoms. The van der Waals surface area contributed by atoms with Crippen molar-refractivity contribution in [3.63, 3.8) is 0 Å². The summed E-state index contributed by atoms with van der Waals surface area (Å²) in [7, 11) is 0. The molecule has 2 heteroatoms. The maximum Gasteiger partial charge on any atom is 0.0826 e. The van der Waals surface area contributed by atoms with Gasteiger partial charge in [0, 0.05) is 22.1 Å². The Morgan fingerprint density at radius 1 is 0.378 bits per heavy atom. The van der Waals surface area contributed by atoms with Crippen LogP contribution in [-0.2, 0) is 0 Å². The smallest absolute Gasteiger partial charge is 0.0826 e. The van der Waals surface area contributed by atoms with Crippen LogP contribution in [-0.4, -0.2) is 9.61 Å². The first kappa shape index (κ1) is 25.5. The summed E-state index contributed by atoms with van der Waals surface area (Å²) >= 11 is 0. The van der Waals surface area contributed by atoms with Gasteiger partial charge in [0.15, 0.2) is 0 Å². The molecule has 9 rings (SSSR count). The topological polar surface area (TPSA) is 17.3 Å². The maximum absolute atomic E-state index is 5.05. The molecule has 0 N–H and O–H groups in total. The van der Waals surface area contributed by atoms with Crippen molar-refractivity contribution in [3.8, 4) is 44.6 Å². The number of aromatic nitrogens is 2. The number of hydrogen-bond acceptors (Lipinski definition) is 1. The molecule has 0 aliphatic carbocycles. The van der Waals surface area contributed by atoms with E-state index in [0.717, 1.165) is 33.5 Å².